The van der Waals surface area contributed by atoms with E-state index in [0.29, 0.717) is 18.0 Å². The third-order valence-corrected chi connectivity index (χ3v) is 6.07. The fourth-order valence-electron chi connectivity index (χ4n) is 3.09. The number of rotatable bonds is 9. The van der Waals surface area contributed by atoms with Crippen molar-refractivity contribution in [3.8, 4) is 5.75 Å². The van der Waals surface area contributed by atoms with Crippen molar-refractivity contribution in [1.29, 1.82) is 0 Å². The SMILES string of the molecule is COc1ccc(N(C(C)C(=O)NCCCN2CCOCC2)S(C)(=O)=O)cc1Cl. The largest absolute Gasteiger partial charge is 0.495 e. The van der Waals surface area contributed by atoms with Crippen molar-refractivity contribution in [2.45, 2.75) is 19.4 Å². The molecule has 1 heterocycles. The number of halogens is 1. The molecule has 0 spiro atoms. The number of hydrogen-bond acceptors (Lipinski definition) is 6. The molecule has 2 rings (SSSR count). The van der Waals surface area contributed by atoms with Crippen molar-refractivity contribution >= 4 is 33.2 Å². The Balaban J connectivity index is 1.99. The molecule has 1 aliphatic rings. The minimum atomic E-state index is -3.70. The molecule has 0 bridgehead atoms. The van der Waals surface area contributed by atoms with Gasteiger partial charge < -0.3 is 14.8 Å². The number of sulfonamides is 1. The number of carbonyl (C=O) groups is 1. The van der Waals surface area contributed by atoms with E-state index in [9.17, 15) is 13.2 Å². The van der Waals surface area contributed by atoms with Crippen molar-refractivity contribution < 1.29 is 22.7 Å². The zero-order chi connectivity index (χ0) is 20.7. The molecule has 1 amide bonds. The lowest BCUT2D eigenvalue weighted by molar-refractivity contribution is -0.121. The number of nitrogens with one attached hydrogen (secondary N) is 1. The molecule has 1 unspecified atom stereocenters. The molecule has 1 aliphatic heterocycles. The van der Waals surface area contributed by atoms with Gasteiger partial charge in [0, 0.05) is 19.6 Å². The molecule has 10 heteroatoms. The summed E-state index contributed by atoms with van der Waals surface area (Å²) < 4.78 is 36.1. The van der Waals surface area contributed by atoms with Crippen molar-refractivity contribution in [3.05, 3.63) is 23.2 Å². The first kappa shape index (κ1) is 22.7. The fraction of sp³-hybridized carbons (Fsp3) is 0.611. The van der Waals surface area contributed by atoms with Crippen LogP contribution in [0.1, 0.15) is 13.3 Å². The molecule has 1 atom stereocenters. The van der Waals surface area contributed by atoms with E-state index in [0.717, 1.165) is 49.8 Å². The maximum atomic E-state index is 12.6. The monoisotopic (exact) mass is 433 g/mol. The first-order valence-electron chi connectivity index (χ1n) is 9.15. The molecule has 1 aromatic rings. The summed E-state index contributed by atoms with van der Waals surface area (Å²) in [5, 5.41) is 3.09. The molecule has 0 aliphatic carbocycles. The summed E-state index contributed by atoms with van der Waals surface area (Å²) in [5.74, 6) is 0.0680. The van der Waals surface area contributed by atoms with Gasteiger partial charge in [0.2, 0.25) is 15.9 Å². The van der Waals surface area contributed by atoms with Crippen LogP contribution in [0.5, 0.6) is 5.75 Å². The summed E-state index contributed by atoms with van der Waals surface area (Å²) in [5.41, 5.74) is 0.310. The smallest absolute Gasteiger partial charge is 0.243 e. The minimum absolute atomic E-state index is 0.270. The lowest BCUT2D eigenvalue weighted by Gasteiger charge is -2.29. The number of nitrogens with zero attached hydrogens (tertiary/aromatic N) is 2. The van der Waals surface area contributed by atoms with Crippen LogP contribution in [0.15, 0.2) is 18.2 Å². The summed E-state index contributed by atoms with van der Waals surface area (Å²) >= 11 is 6.12. The third kappa shape index (κ3) is 6.23. The average molecular weight is 434 g/mol. The second kappa shape index (κ2) is 10.3. The lowest BCUT2D eigenvalue weighted by atomic mass is 10.2. The second-order valence-electron chi connectivity index (χ2n) is 6.65. The van der Waals surface area contributed by atoms with Crippen LogP contribution in [0.4, 0.5) is 5.69 Å². The van der Waals surface area contributed by atoms with Gasteiger partial charge in [-0.15, -0.1) is 0 Å². The third-order valence-electron chi connectivity index (χ3n) is 4.53. The number of hydrogen-bond donors (Lipinski definition) is 1. The van der Waals surface area contributed by atoms with Gasteiger partial charge in [0.05, 0.1) is 37.3 Å². The number of methoxy groups -OCH3 is 1. The van der Waals surface area contributed by atoms with Crippen LogP contribution in [0.25, 0.3) is 0 Å². The fourth-order valence-corrected chi connectivity index (χ4v) is 4.51. The lowest BCUT2D eigenvalue weighted by Crippen LogP contribution is -2.48. The van der Waals surface area contributed by atoms with Crippen molar-refractivity contribution in [2.24, 2.45) is 0 Å². The number of carbonyl (C=O) groups excluding carboxylic acids is 1. The van der Waals surface area contributed by atoms with Gasteiger partial charge in [-0.25, -0.2) is 8.42 Å². The number of anilines is 1. The van der Waals surface area contributed by atoms with Crippen LogP contribution in [-0.4, -0.2) is 78.0 Å². The Morgan fingerprint density at radius 1 is 1.39 bits per heavy atom. The molecular formula is C18H28ClN3O5S. The van der Waals surface area contributed by atoms with Crippen LogP contribution in [0.3, 0.4) is 0 Å². The van der Waals surface area contributed by atoms with E-state index in [1.807, 2.05) is 0 Å². The van der Waals surface area contributed by atoms with Crippen LogP contribution in [0.2, 0.25) is 5.02 Å². The van der Waals surface area contributed by atoms with Crippen molar-refractivity contribution in [2.75, 3.05) is 57.1 Å². The van der Waals surface area contributed by atoms with Crippen molar-refractivity contribution in [3.63, 3.8) is 0 Å². The Kier molecular flexibility index (Phi) is 8.36. The Labute approximate surface area is 171 Å². The summed E-state index contributed by atoms with van der Waals surface area (Å²) in [6, 6.07) is 3.70. The van der Waals surface area contributed by atoms with Gasteiger partial charge in [-0.05, 0) is 38.1 Å². The number of benzene rings is 1. The van der Waals surface area contributed by atoms with E-state index in [-0.39, 0.29) is 10.9 Å². The predicted molar refractivity (Wildman–Crippen MR) is 110 cm³/mol. The summed E-state index contributed by atoms with van der Waals surface area (Å²) in [6.07, 6.45) is 1.85. The molecule has 8 nitrogen and oxygen atoms in total. The topological polar surface area (TPSA) is 88.2 Å². The van der Waals surface area contributed by atoms with Gasteiger partial charge >= 0.3 is 0 Å². The number of morpholine rings is 1. The Morgan fingerprint density at radius 2 is 2.07 bits per heavy atom. The first-order valence-corrected chi connectivity index (χ1v) is 11.4. The molecule has 158 valence electrons. The van der Waals surface area contributed by atoms with E-state index in [2.05, 4.69) is 10.2 Å². The highest BCUT2D eigenvalue weighted by Gasteiger charge is 2.29. The summed E-state index contributed by atoms with van der Waals surface area (Å²) in [6.45, 7) is 6.14. The van der Waals surface area contributed by atoms with Gasteiger partial charge in [-0.3, -0.25) is 14.0 Å². The van der Waals surface area contributed by atoms with E-state index in [4.69, 9.17) is 21.1 Å². The van der Waals surface area contributed by atoms with Crippen LogP contribution in [0, 0.1) is 0 Å². The number of ether oxygens (including phenoxy) is 2. The van der Waals surface area contributed by atoms with Crippen LogP contribution in [-0.2, 0) is 19.6 Å². The quantitative estimate of drug-likeness (QED) is 0.591. The predicted octanol–water partition coefficient (Wildman–Crippen LogP) is 1.34. The molecule has 0 saturated carbocycles. The van der Waals surface area contributed by atoms with Gasteiger partial charge in [0.1, 0.15) is 11.8 Å². The highest BCUT2D eigenvalue weighted by molar-refractivity contribution is 7.92. The molecule has 1 fully saturated rings. The average Bonchev–Trinajstić information content (AvgIpc) is 2.65. The first-order chi connectivity index (χ1) is 13.2. The van der Waals surface area contributed by atoms with E-state index in [1.165, 1.54) is 13.2 Å². The Hall–Kier alpha value is -1.55. The van der Waals surface area contributed by atoms with Gasteiger partial charge in [-0.1, -0.05) is 11.6 Å². The summed E-state index contributed by atoms with van der Waals surface area (Å²) in [4.78, 5) is 14.8. The zero-order valence-electron chi connectivity index (χ0n) is 16.5. The van der Waals surface area contributed by atoms with Crippen LogP contribution < -0.4 is 14.4 Å². The summed E-state index contributed by atoms with van der Waals surface area (Å²) in [7, 11) is -2.22. The molecule has 0 radical (unpaired) electrons. The van der Waals surface area contributed by atoms with Gasteiger partial charge in [0.25, 0.3) is 0 Å². The van der Waals surface area contributed by atoms with E-state index < -0.39 is 16.1 Å². The van der Waals surface area contributed by atoms with Crippen LogP contribution >= 0.6 is 11.6 Å². The zero-order valence-corrected chi connectivity index (χ0v) is 18.1. The van der Waals surface area contributed by atoms with Gasteiger partial charge in [-0.2, -0.15) is 0 Å². The second-order valence-corrected chi connectivity index (χ2v) is 8.92. The highest BCUT2D eigenvalue weighted by atomic mass is 35.5. The van der Waals surface area contributed by atoms with Gasteiger partial charge in [0.15, 0.2) is 0 Å². The molecule has 0 aromatic heterocycles. The molecule has 28 heavy (non-hydrogen) atoms. The molecule has 1 saturated heterocycles. The molecule has 1 aromatic carbocycles. The Morgan fingerprint density at radius 3 is 2.64 bits per heavy atom. The normalized spacial score (nSPS) is 16.4. The van der Waals surface area contributed by atoms with E-state index in [1.54, 1.807) is 19.1 Å². The van der Waals surface area contributed by atoms with Crippen molar-refractivity contribution in [1.82, 2.24) is 10.2 Å². The highest BCUT2D eigenvalue weighted by Crippen LogP contribution is 2.31. The Bertz CT molecular complexity index is 768. The minimum Gasteiger partial charge on any atom is -0.495 e. The maximum Gasteiger partial charge on any atom is 0.243 e. The molecular weight excluding hydrogens is 406 g/mol. The molecule has 1 N–H and O–H groups in total. The standard InChI is InChI=1S/C18H28ClN3O5S/c1-14(18(23)20-7-4-8-21-9-11-27-12-10-21)22(28(3,24)25)15-5-6-17(26-2)16(19)13-15/h5-6,13-14H,4,7-12H2,1-3H3,(H,20,23). The maximum absolute atomic E-state index is 12.6. The van der Waals surface area contributed by atoms with E-state index >= 15 is 0 Å². The number of amides is 1.